The SMILES string of the molecule is CC(C)CC1=CCCN(C2CCN(C(C)C)CC2)CC1. The molecular formula is C18H34N2. The lowest BCUT2D eigenvalue weighted by atomic mass is 9.99. The molecule has 1 saturated heterocycles. The zero-order chi connectivity index (χ0) is 14.5. The first-order valence-electron chi connectivity index (χ1n) is 8.72. The molecule has 2 rings (SSSR count). The van der Waals surface area contributed by atoms with Crippen molar-refractivity contribution in [1.82, 2.24) is 9.80 Å². The third kappa shape index (κ3) is 4.60. The highest BCUT2D eigenvalue weighted by Crippen LogP contribution is 2.24. The quantitative estimate of drug-likeness (QED) is 0.719. The zero-order valence-electron chi connectivity index (χ0n) is 14.1. The summed E-state index contributed by atoms with van der Waals surface area (Å²) in [5.41, 5.74) is 1.71. The first-order valence-corrected chi connectivity index (χ1v) is 8.72. The van der Waals surface area contributed by atoms with Crippen molar-refractivity contribution in [2.24, 2.45) is 5.92 Å². The third-order valence-corrected chi connectivity index (χ3v) is 4.99. The maximum absolute atomic E-state index is 2.78. The van der Waals surface area contributed by atoms with Crippen LogP contribution in [0.25, 0.3) is 0 Å². The summed E-state index contributed by atoms with van der Waals surface area (Å²) in [5, 5.41) is 0. The van der Waals surface area contributed by atoms with Crippen LogP contribution in [-0.2, 0) is 0 Å². The van der Waals surface area contributed by atoms with Crippen molar-refractivity contribution >= 4 is 0 Å². The van der Waals surface area contributed by atoms with E-state index in [9.17, 15) is 0 Å². The summed E-state index contributed by atoms with van der Waals surface area (Å²) in [6.07, 6.45) is 9.16. The van der Waals surface area contributed by atoms with Gasteiger partial charge in [-0.25, -0.2) is 0 Å². The van der Waals surface area contributed by atoms with Gasteiger partial charge in [-0.15, -0.1) is 0 Å². The van der Waals surface area contributed by atoms with Crippen molar-refractivity contribution in [3.05, 3.63) is 11.6 Å². The summed E-state index contributed by atoms with van der Waals surface area (Å²) in [6, 6.07) is 1.57. The molecule has 2 nitrogen and oxygen atoms in total. The molecule has 0 N–H and O–H groups in total. The second kappa shape index (κ2) is 7.61. The molecule has 0 aromatic rings. The monoisotopic (exact) mass is 278 g/mol. The molecule has 1 fully saturated rings. The average Bonchev–Trinajstić information content (AvgIpc) is 2.64. The molecule has 0 aromatic heterocycles. The molecule has 0 spiro atoms. The smallest absolute Gasteiger partial charge is 0.0120 e. The Kier molecular flexibility index (Phi) is 6.10. The molecule has 2 heteroatoms. The molecule has 2 aliphatic rings. The average molecular weight is 278 g/mol. The van der Waals surface area contributed by atoms with Crippen molar-refractivity contribution in [3.63, 3.8) is 0 Å². The highest BCUT2D eigenvalue weighted by atomic mass is 15.2. The summed E-state index contributed by atoms with van der Waals surface area (Å²) < 4.78 is 0. The van der Waals surface area contributed by atoms with Gasteiger partial charge in [0.2, 0.25) is 0 Å². The molecule has 2 heterocycles. The van der Waals surface area contributed by atoms with E-state index < -0.39 is 0 Å². The number of likely N-dealkylation sites (tertiary alicyclic amines) is 1. The van der Waals surface area contributed by atoms with E-state index in [1.807, 2.05) is 0 Å². The van der Waals surface area contributed by atoms with E-state index in [-0.39, 0.29) is 0 Å². The van der Waals surface area contributed by atoms with Gasteiger partial charge < -0.3 is 4.90 Å². The summed E-state index contributed by atoms with van der Waals surface area (Å²) in [5.74, 6) is 0.807. The van der Waals surface area contributed by atoms with E-state index in [4.69, 9.17) is 0 Å². The van der Waals surface area contributed by atoms with Crippen molar-refractivity contribution in [3.8, 4) is 0 Å². The largest absolute Gasteiger partial charge is 0.301 e. The fourth-order valence-electron chi connectivity index (χ4n) is 3.78. The van der Waals surface area contributed by atoms with Gasteiger partial charge in [-0.1, -0.05) is 25.5 Å². The molecule has 116 valence electrons. The number of hydrogen-bond acceptors (Lipinski definition) is 2. The van der Waals surface area contributed by atoms with Gasteiger partial charge in [0.25, 0.3) is 0 Å². The van der Waals surface area contributed by atoms with Crippen LogP contribution < -0.4 is 0 Å². The summed E-state index contributed by atoms with van der Waals surface area (Å²) in [6.45, 7) is 14.5. The predicted octanol–water partition coefficient (Wildman–Crippen LogP) is 3.93. The lowest BCUT2D eigenvalue weighted by molar-refractivity contribution is 0.0949. The normalized spacial score (nSPS) is 24.2. The maximum Gasteiger partial charge on any atom is 0.0120 e. The molecule has 0 amide bonds. The standard InChI is InChI=1S/C18H34N2/c1-15(2)14-17-6-5-10-20(11-7-17)18-8-12-19(13-9-18)16(3)4/h6,15-16,18H,5,7-14H2,1-4H3. The van der Waals surface area contributed by atoms with Gasteiger partial charge in [-0.2, -0.15) is 0 Å². The molecule has 0 bridgehead atoms. The topological polar surface area (TPSA) is 6.48 Å². The lowest BCUT2D eigenvalue weighted by Crippen LogP contribution is -2.47. The zero-order valence-corrected chi connectivity index (χ0v) is 14.1. The van der Waals surface area contributed by atoms with E-state index in [2.05, 4.69) is 43.6 Å². The summed E-state index contributed by atoms with van der Waals surface area (Å²) >= 11 is 0. The Labute approximate surface area is 126 Å². The fourth-order valence-corrected chi connectivity index (χ4v) is 3.78. The van der Waals surface area contributed by atoms with Crippen molar-refractivity contribution in [2.45, 2.75) is 71.9 Å². The van der Waals surface area contributed by atoms with Crippen LogP contribution in [-0.4, -0.2) is 48.1 Å². The number of nitrogens with zero attached hydrogens (tertiary/aromatic N) is 2. The van der Waals surface area contributed by atoms with Crippen molar-refractivity contribution in [2.75, 3.05) is 26.2 Å². The van der Waals surface area contributed by atoms with Crippen LogP contribution in [0.5, 0.6) is 0 Å². The van der Waals surface area contributed by atoms with Gasteiger partial charge in [-0.05, 0) is 65.0 Å². The second-order valence-corrected chi connectivity index (χ2v) is 7.40. The summed E-state index contributed by atoms with van der Waals surface area (Å²) in [7, 11) is 0. The van der Waals surface area contributed by atoms with E-state index in [0.717, 1.165) is 18.0 Å². The predicted molar refractivity (Wildman–Crippen MR) is 88.1 cm³/mol. The molecule has 0 unspecified atom stereocenters. The van der Waals surface area contributed by atoms with E-state index in [0.29, 0.717) is 0 Å². The van der Waals surface area contributed by atoms with E-state index >= 15 is 0 Å². The van der Waals surface area contributed by atoms with Crippen LogP contribution in [0.15, 0.2) is 11.6 Å². The first kappa shape index (κ1) is 16.0. The lowest BCUT2D eigenvalue weighted by Gasteiger charge is -2.39. The van der Waals surface area contributed by atoms with Crippen LogP contribution in [0.4, 0.5) is 0 Å². The molecule has 0 atom stereocenters. The summed E-state index contributed by atoms with van der Waals surface area (Å²) in [4.78, 5) is 5.41. The van der Waals surface area contributed by atoms with Gasteiger partial charge in [0.1, 0.15) is 0 Å². The molecule has 0 saturated carbocycles. The van der Waals surface area contributed by atoms with Gasteiger partial charge in [0, 0.05) is 25.2 Å². The Hall–Kier alpha value is -0.340. The van der Waals surface area contributed by atoms with Crippen LogP contribution in [0.3, 0.4) is 0 Å². The highest BCUT2D eigenvalue weighted by Gasteiger charge is 2.26. The Morgan fingerprint density at radius 2 is 1.75 bits per heavy atom. The number of hydrogen-bond donors (Lipinski definition) is 0. The molecule has 0 radical (unpaired) electrons. The molecule has 2 aliphatic heterocycles. The van der Waals surface area contributed by atoms with Gasteiger partial charge in [-0.3, -0.25) is 4.90 Å². The first-order chi connectivity index (χ1) is 9.56. The maximum atomic E-state index is 2.78. The van der Waals surface area contributed by atoms with Crippen molar-refractivity contribution < 1.29 is 0 Å². The highest BCUT2D eigenvalue weighted by molar-refractivity contribution is 5.06. The van der Waals surface area contributed by atoms with Crippen LogP contribution in [0.1, 0.15) is 59.8 Å². The van der Waals surface area contributed by atoms with Crippen LogP contribution in [0, 0.1) is 5.92 Å². The van der Waals surface area contributed by atoms with Gasteiger partial charge in [0.15, 0.2) is 0 Å². The minimum Gasteiger partial charge on any atom is -0.301 e. The van der Waals surface area contributed by atoms with Gasteiger partial charge >= 0.3 is 0 Å². The minimum absolute atomic E-state index is 0.722. The van der Waals surface area contributed by atoms with E-state index in [1.165, 1.54) is 58.3 Å². The second-order valence-electron chi connectivity index (χ2n) is 7.40. The molecule has 0 aromatic carbocycles. The Morgan fingerprint density at radius 1 is 1.05 bits per heavy atom. The fraction of sp³-hybridized carbons (Fsp3) is 0.889. The van der Waals surface area contributed by atoms with E-state index in [1.54, 1.807) is 5.57 Å². The molecular weight excluding hydrogens is 244 g/mol. The number of piperidine rings is 1. The molecule has 0 aliphatic carbocycles. The number of rotatable bonds is 4. The van der Waals surface area contributed by atoms with Crippen LogP contribution >= 0.6 is 0 Å². The Bertz CT molecular complexity index is 311. The van der Waals surface area contributed by atoms with Crippen LogP contribution in [0.2, 0.25) is 0 Å². The Balaban J connectivity index is 1.78. The van der Waals surface area contributed by atoms with Gasteiger partial charge in [0.05, 0.1) is 0 Å². The van der Waals surface area contributed by atoms with Crippen molar-refractivity contribution in [1.29, 1.82) is 0 Å². The third-order valence-electron chi connectivity index (χ3n) is 4.99. The molecule has 20 heavy (non-hydrogen) atoms. The Morgan fingerprint density at radius 3 is 2.35 bits per heavy atom. The minimum atomic E-state index is 0.722.